The molecule has 0 atom stereocenters. The van der Waals surface area contributed by atoms with E-state index < -0.39 is 0 Å². The molecule has 0 amide bonds. The van der Waals surface area contributed by atoms with Gasteiger partial charge in [0, 0.05) is 5.39 Å². The predicted octanol–water partition coefficient (Wildman–Crippen LogP) is 1.51. The molecule has 0 unspecified atom stereocenters. The molecule has 0 bridgehead atoms. The number of anilines is 1. The lowest BCUT2D eigenvalue weighted by Gasteiger charge is -1.91. The monoisotopic (exact) mass is 163 g/mol. The van der Waals surface area contributed by atoms with Crippen molar-refractivity contribution in [2.24, 2.45) is 0 Å². The smallest absolute Gasteiger partial charge is 0.157 e. The van der Waals surface area contributed by atoms with Gasteiger partial charge in [0.05, 0.1) is 5.69 Å². The summed E-state index contributed by atoms with van der Waals surface area (Å²) in [7, 11) is 0. The number of hydrogen-bond acceptors (Lipinski definition) is 3. The van der Waals surface area contributed by atoms with Gasteiger partial charge >= 0.3 is 0 Å². The van der Waals surface area contributed by atoms with Crippen LogP contribution in [0.2, 0.25) is 0 Å². The van der Waals surface area contributed by atoms with Gasteiger partial charge in [0.1, 0.15) is 12.4 Å². The van der Waals surface area contributed by atoms with Crippen molar-refractivity contribution in [2.75, 3.05) is 5.73 Å². The third kappa shape index (κ3) is 0.950. The van der Waals surface area contributed by atoms with Crippen LogP contribution in [0.5, 0.6) is 0 Å². The summed E-state index contributed by atoms with van der Waals surface area (Å²) in [6.45, 7) is -0.0892. The normalized spacial score (nSPS) is 10.8. The number of nitrogens with two attached hydrogens (primary N) is 1. The van der Waals surface area contributed by atoms with Gasteiger partial charge in [0.25, 0.3) is 0 Å². The van der Waals surface area contributed by atoms with Crippen molar-refractivity contribution in [3.63, 3.8) is 0 Å². The molecular weight excluding hydrogens is 154 g/mol. The number of furan rings is 1. The van der Waals surface area contributed by atoms with Gasteiger partial charge in [-0.15, -0.1) is 0 Å². The Morgan fingerprint density at radius 3 is 2.92 bits per heavy atom. The fourth-order valence-corrected chi connectivity index (χ4v) is 1.22. The number of rotatable bonds is 1. The van der Waals surface area contributed by atoms with Crippen LogP contribution >= 0.6 is 0 Å². The summed E-state index contributed by atoms with van der Waals surface area (Å²) in [5.41, 5.74) is 6.91. The summed E-state index contributed by atoms with van der Waals surface area (Å²) in [5, 5.41) is 9.72. The Hall–Kier alpha value is -1.48. The first-order chi connectivity index (χ1) is 5.81. The van der Waals surface area contributed by atoms with E-state index in [-0.39, 0.29) is 6.61 Å². The number of aliphatic hydroxyl groups is 1. The van der Waals surface area contributed by atoms with Gasteiger partial charge in [-0.2, -0.15) is 0 Å². The Balaban J connectivity index is 2.74. The van der Waals surface area contributed by atoms with Crippen LogP contribution < -0.4 is 5.73 Å². The molecule has 62 valence electrons. The van der Waals surface area contributed by atoms with Crippen LogP contribution in [0.3, 0.4) is 0 Å². The molecule has 1 aromatic carbocycles. The molecule has 3 heteroatoms. The minimum Gasteiger partial charge on any atom is -0.456 e. The highest BCUT2D eigenvalue weighted by atomic mass is 16.4. The lowest BCUT2D eigenvalue weighted by molar-refractivity contribution is 0.251. The van der Waals surface area contributed by atoms with E-state index in [1.165, 1.54) is 0 Å². The molecular formula is C9H9NO2. The largest absolute Gasteiger partial charge is 0.456 e. The fraction of sp³-hybridized carbons (Fsp3) is 0.111. The first kappa shape index (κ1) is 7.18. The van der Waals surface area contributed by atoms with Crippen molar-refractivity contribution in [3.05, 3.63) is 30.0 Å². The Bertz CT molecular complexity index is 406. The van der Waals surface area contributed by atoms with E-state index in [9.17, 15) is 0 Å². The topological polar surface area (TPSA) is 59.4 Å². The second-order valence-electron chi connectivity index (χ2n) is 2.64. The van der Waals surface area contributed by atoms with Crippen molar-refractivity contribution in [2.45, 2.75) is 6.61 Å². The summed E-state index contributed by atoms with van der Waals surface area (Å²) >= 11 is 0. The van der Waals surface area contributed by atoms with Gasteiger partial charge in [0.2, 0.25) is 0 Å². The van der Waals surface area contributed by atoms with Gasteiger partial charge in [-0.05, 0) is 12.1 Å². The Labute approximate surface area is 69.4 Å². The van der Waals surface area contributed by atoms with Crippen molar-refractivity contribution in [1.29, 1.82) is 0 Å². The molecule has 3 N–H and O–H groups in total. The van der Waals surface area contributed by atoms with Gasteiger partial charge < -0.3 is 15.3 Å². The maximum absolute atomic E-state index is 8.79. The first-order valence-corrected chi connectivity index (χ1v) is 3.69. The number of benzene rings is 1. The first-order valence-electron chi connectivity index (χ1n) is 3.69. The molecule has 0 spiro atoms. The molecule has 2 aromatic rings. The minimum absolute atomic E-state index is 0.0892. The molecule has 0 aliphatic carbocycles. The van der Waals surface area contributed by atoms with Crippen LogP contribution in [0, 0.1) is 0 Å². The molecule has 2 rings (SSSR count). The maximum atomic E-state index is 8.79. The van der Waals surface area contributed by atoms with Gasteiger partial charge in [-0.25, -0.2) is 0 Å². The number of aliphatic hydroxyl groups excluding tert-OH is 1. The lowest BCUT2D eigenvalue weighted by Crippen LogP contribution is -1.82. The number of nitrogen functional groups attached to an aromatic ring is 1. The zero-order valence-corrected chi connectivity index (χ0v) is 6.45. The van der Waals surface area contributed by atoms with Crippen LogP contribution in [0.15, 0.2) is 28.7 Å². The molecule has 0 fully saturated rings. The van der Waals surface area contributed by atoms with Crippen LogP contribution in [0.4, 0.5) is 5.69 Å². The Morgan fingerprint density at radius 1 is 1.42 bits per heavy atom. The van der Waals surface area contributed by atoms with Gasteiger partial charge in [0.15, 0.2) is 5.58 Å². The predicted molar refractivity (Wildman–Crippen MR) is 46.5 cm³/mol. The third-order valence-electron chi connectivity index (χ3n) is 1.78. The van der Waals surface area contributed by atoms with Gasteiger partial charge in [-0.3, -0.25) is 0 Å². The number of fused-ring (bicyclic) bond motifs is 1. The van der Waals surface area contributed by atoms with E-state index in [1.54, 1.807) is 12.1 Å². The van der Waals surface area contributed by atoms with Crippen LogP contribution in [-0.2, 0) is 6.61 Å². The van der Waals surface area contributed by atoms with E-state index in [2.05, 4.69) is 0 Å². The summed E-state index contributed by atoms with van der Waals surface area (Å²) in [5.74, 6) is 0.544. The standard InChI is InChI=1S/C9H9NO2/c10-8-3-1-2-6-4-7(5-11)12-9(6)8/h1-4,11H,5,10H2. The molecule has 12 heavy (non-hydrogen) atoms. The van der Waals surface area contributed by atoms with E-state index in [4.69, 9.17) is 15.3 Å². The summed E-state index contributed by atoms with van der Waals surface area (Å²) in [4.78, 5) is 0. The van der Waals surface area contributed by atoms with Crippen molar-refractivity contribution >= 4 is 16.7 Å². The summed E-state index contributed by atoms with van der Waals surface area (Å²) in [6, 6.07) is 7.31. The van der Waals surface area contributed by atoms with Crippen molar-refractivity contribution < 1.29 is 9.52 Å². The van der Waals surface area contributed by atoms with Gasteiger partial charge in [-0.1, -0.05) is 12.1 Å². The molecule has 3 nitrogen and oxygen atoms in total. The average molecular weight is 163 g/mol. The average Bonchev–Trinajstić information content (AvgIpc) is 2.49. The zero-order valence-electron chi connectivity index (χ0n) is 6.45. The molecule has 1 heterocycles. The van der Waals surface area contributed by atoms with Crippen molar-refractivity contribution in [1.82, 2.24) is 0 Å². The second-order valence-corrected chi connectivity index (χ2v) is 2.64. The number of hydrogen-bond donors (Lipinski definition) is 2. The molecule has 0 aliphatic heterocycles. The summed E-state index contributed by atoms with van der Waals surface area (Å²) < 4.78 is 5.27. The van der Waals surface area contributed by atoms with Crippen molar-refractivity contribution in [3.8, 4) is 0 Å². The lowest BCUT2D eigenvalue weighted by atomic mass is 10.2. The Kier molecular flexibility index (Phi) is 1.52. The highest BCUT2D eigenvalue weighted by Gasteiger charge is 2.03. The molecule has 0 aliphatic rings. The van der Waals surface area contributed by atoms with Crippen LogP contribution in [0.1, 0.15) is 5.76 Å². The zero-order chi connectivity index (χ0) is 8.55. The SMILES string of the molecule is Nc1cccc2cc(CO)oc12. The number of para-hydroxylation sites is 1. The quantitative estimate of drug-likeness (QED) is 0.626. The van der Waals surface area contributed by atoms with E-state index in [1.807, 2.05) is 12.1 Å². The van der Waals surface area contributed by atoms with Crippen LogP contribution in [0.25, 0.3) is 11.0 Å². The molecule has 0 radical (unpaired) electrons. The second kappa shape index (κ2) is 2.53. The van der Waals surface area contributed by atoms with E-state index >= 15 is 0 Å². The summed E-state index contributed by atoms with van der Waals surface area (Å²) in [6.07, 6.45) is 0. The maximum Gasteiger partial charge on any atom is 0.157 e. The molecule has 0 saturated heterocycles. The Morgan fingerprint density at radius 2 is 2.25 bits per heavy atom. The highest BCUT2D eigenvalue weighted by Crippen LogP contribution is 2.24. The third-order valence-corrected chi connectivity index (χ3v) is 1.78. The fourth-order valence-electron chi connectivity index (χ4n) is 1.22. The highest BCUT2D eigenvalue weighted by molar-refractivity contribution is 5.88. The molecule has 0 saturated carbocycles. The molecule has 1 aromatic heterocycles. The minimum atomic E-state index is -0.0892. The van der Waals surface area contributed by atoms with E-state index in [0.29, 0.717) is 17.0 Å². The van der Waals surface area contributed by atoms with E-state index in [0.717, 1.165) is 5.39 Å². The van der Waals surface area contributed by atoms with Crippen LogP contribution in [-0.4, -0.2) is 5.11 Å².